The number of nitrogens with zero attached hydrogens (tertiary/aromatic N) is 5. The molecule has 1 N–H and O–H groups in total. The maximum Gasteiger partial charge on any atom is 0.167 e. The molecule has 2 aromatic carbocycles. The molecule has 7 rings (SSSR count). The highest BCUT2D eigenvalue weighted by atomic mass is 19.1. The van der Waals surface area contributed by atoms with Gasteiger partial charge in [0.25, 0.3) is 0 Å². The third-order valence-electron chi connectivity index (χ3n) is 10.6. The second kappa shape index (κ2) is 13.7. The van der Waals surface area contributed by atoms with Crippen molar-refractivity contribution in [3.63, 3.8) is 0 Å². The number of methoxy groups -OCH3 is 1. The fourth-order valence-electron chi connectivity index (χ4n) is 7.52. The van der Waals surface area contributed by atoms with E-state index in [4.69, 9.17) is 9.47 Å². The van der Waals surface area contributed by atoms with Crippen molar-refractivity contribution in [1.82, 2.24) is 19.9 Å². The van der Waals surface area contributed by atoms with Crippen LogP contribution in [0.25, 0.3) is 10.9 Å². The minimum absolute atomic E-state index is 0.0418. The molecule has 1 unspecified atom stereocenters. The minimum atomic E-state index is -0.466. The van der Waals surface area contributed by atoms with Crippen molar-refractivity contribution < 1.29 is 13.9 Å². The van der Waals surface area contributed by atoms with E-state index >= 15 is 4.39 Å². The Labute approximate surface area is 287 Å². The second-order valence-electron chi connectivity index (χ2n) is 13.7. The standard InChI is InChI=1S/C39H45FN6O3/c1-26-32(27(2)46(44(26)3)30-11-6-5-7-12-30)23-42-29-13-14-36(33(40)21-29)49-35-15-18-41-34-20-28(37(48-4)22-31(34)35)10-8-9-19-45-24-38(43-47)39(25-45)16-17-39/h6,11-15,18,20-22,38,42H,2,5,7-10,16-17,19,23-25H2,1,3-4H3. The Morgan fingerprint density at radius 1 is 1.12 bits per heavy atom. The molecule has 49 heavy (non-hydrogen) atoms. The van der Waals surface area contributed by atoms with Crippen molar-refractivity contribution in [1.29, 1.82) is 0 Å². The van der Waals surface area contributed by atoms with Gasteiger partial charge in [0.05, 0.1) is 24.0 Å². The first-order valence-corrected chi connectivity index (χ1v) is 17.3. The van der Waals surface area contributed by atoms with Gasteiger partial charge in [0.1, 0.15) is 17.5 Å². The first-order chi connectivity index (χ1) is 23.8. The lowest BCUT2D eigenvalue weighted by atomic mass is 10.0. The predicted molar refractivity (Wildman–Crippen MR) is 192 cm³/mol. The number of benzene rings is 2. The Morgan fingerprint density at radius 3 is 2.69 bits per heavy atom. The van der Waals surface area contributed by atoms with E-state index in [9.17, 15) is 4.91 Å². The molecular formula is C39H45FN6O3. The van der Waals surface area contributed by atoms with Crippen molar-refractivity contribution in [2.75, 3.05) is 45.7 Å². The third kappa shape index (κ3) is 6.54. The number of likely N-dealkylation sites (tertiary alicyclic amines) is 1. The molecule has 0 bridgehead atoms. The zero-order valence-corrected chi connectivity index (χ0v) is 28.7. The van der Waals surface area contributed by atoms with E-state index < -0.39 is 5.82 Å². The molecule has 1 saturated heterocycles. The van der Waals surface area contributed by atoms with Crippen molar-refractivity contribution in [2.24, 2.45) is 10.6 Å². The molecule has 3 heterocycles. The van der Waals surface area contributed by atoms with Crippen molar-refractivity contribution in [2.45, 2.75) is 57.9 Å². The van der Waals surface area contributed by atoms with E-state index in [1.807, 2.05) is 25.2 Å². The van der Waals surface area contributed by atoms with Crippen molar-refractivity contribution in [3.8, 4) is 17.2 Å². The Hall–Kier alpha value is -4.70. The molecule has 1 saturated carbocycles. The molecule has 4 aliphatic rings. The summed E-state index contributed by atoms with van der Waals surface area (Å²) in [5.41, 5.74) is 6.86. The molecule has 2 aliphatic heterocycles. The fourth-order valence-corrected chi connectivity index (χ4v) is 7.52. The Morgan fingerprint density at radius 2 is 1.98 bits per heavy atom. The molecule has 2 fully saturated rings. The van der Waals surface area contributed by atoms with Gasteiger partial charge in [-0.15, -0.1) is 0 Å². The molecule has 9 nitrogen and oxygen atoms in total. The van der Waals surface area contributed by atoms with Crippen LogP contribution in [-0.4, -0.2) is 66.3 Å². The van der Waals surface area contributed by atoms with E-state index in [1.165, 1.54) is 6.07 Å². The van der Waals surface area contributed by atoms with Crippen LogP contribution in [0.2, 0.25) is 0 Å². The average molecular weight is 665 g/mol. The van der Waals surface area contributed by atoms with Gasteiger partial charge in [0.15, 0.2) is 11.6 Å². The predicted octanol–water partition coefficient (Wildman–Crippen LogP) is 8.32. The summed E-state index contributed by atoms with van der Waals surface area (Å²) >= 11 is 0. The number of nitrogens with one attached hydrogen (secondary N) is 1. The van der Waals surface area contributed by atoms with E-state index in [1.54, 1.807) is 25.4 Å². The van der Waals surface area contributed by atoms with Gasteiger partial charge in [0.2, 0.25) is 0 Å². The summed E-state index contributed by atoms with van der Waals surface area (Å²) in [6.45, 7) is 9.70. The maximum atomic E-state index is 15.4. The van der Waals surface area contributed by atoms with Gasteiger partial charge in [0, 0.05) is 66.7 Å². The van der Waals surface area contributed by atoms with Crippen LogP contribution in [-0.2, 0) is 6.42 Å². The second-order valence-corrected chi connectivity index (χ2v) is 13.7. The Kier molecular flexibility index (Phi) is 9.15. The summed E-state index contributed by atoms with van der Waals surface area (Å²) in [5.74, 6) is 0.928. The normalized spacial score (nSPS) is 20.0. The van der Waals surface area contributed by atoms with Gasteiger partial charge in [-0.1, -0.05) is 23.9 Å². The molecule has 3 aromatic rings. The molecule has 2 aliphatic carbocycles. The van der Waals surface area contributed by atoms with Crippen molar-refractivity contribution in [3.05, 3.63) is 106 Å². The van der Waals surface area contributed by atoms with Gasteiger partial charge < -0.3 is 19.7 Å². The van der Waals surface area contributed by atoms with E-state index in [0.29, 0.717) is 18.0 Å². The van der Waals surface area contributed by atoms with Crippen molar-refractivity contribution >= 4 is 16.6 Å². The molecule has 1 spiro atoms. The van der Waals surface area contributed by atoms with Gasteiger partial charge in [-0.2, -0.15) is 4.91 Å². The Bertz CT molecular complexity index is 1860. The monoisotopic (exact) mass is 664 g/mol. The van der Waals surface area contributed by atoms with Crippen LogP contribution in [0.5, 0.6) is 17.2 Å². The molecule has 1 aromatic heterocycles. The first kappa shape index (κ1) is 32.8. The average Bonchev–Trinajstić information content (AvgIpc) is 3.75. The number of allylic oxidation sites excluding steroid dienone is 4. The first-order valence-electron chi connectivity index (χ1n) is 17.3. The van der Waals surface area contributed by atoms with Crippen LogP contribution in [0.3, 0.4) is 0 Å². The van der Waals surface area contributed by atoms with E-state index in [0.717, 1.165) is 109 Å². The smallest absolute Gasteiger partial charge is 0.167 e. The molecule has 0 radical (unpaired) electrons. The number of pyridine rings is 1. The summed E-state index contributed by atoms with van der Waals surface area (Å²) in [6, 6.07) is 10.6. The molecule has 0 amide bonds. The quantitative estimate of drug-likeness (QED) is 0.144. The number of halogens is 1. The number of hydrogen-bond acceptors (Lipinski definition) is 9. The zero-order chi connectivity index (χ0) is 34.1. The number of aryl methyl sites for hydroxylation is 1. The van der Waals surface area contributed by atoms with Crippen LogP contribution in [0.4, 0.5) is 10.1 Å². The summed E-state index contributed by atoms with van der Waals surface area (Å²) in [7, 11) is 3.70. The van der Waals surface area contributed by atoms with Gasteiger partial charge >= 0.3 is 0 Å². The van der Waals surface area contributed by atoms with Crippen LogP contribution in [0.15, 0.2) is 95.2 Å². The van der Waals surface area contributed by atoms with E-state index in [2.05, 4.69) is 62.1 Å². The van der Waals surface area contributed by atoms with Gasteiger partial charge in [-0.25, -0.2) is 4.39 Å². The molecular weight excluding hydrogens is 619 g/mol. The SMILES string of the molecule is C=C1C(CNc2ccc(Oc3ccnc4cc(CCCCN5CC(N=O)C6(CC6)C5)c(OC)cc34)c(F)c2)=C(C)N(C)N1C1=CCCC=C1. The highest BCUT2D eigenvalue weighted by Gasteiger charge is 2.55. The van der Waals surface area contributed by atoms with Crippen LogP contribution >= 0.6 is 0 Å². The summed E-state index contributed by atoms with van der Waals surface area (Å²) in [4.78, 5) is 18.2. The number of nitroso groups, excluding NO2 is 1. The highest BCUT2D eigenvalue weighted by Crippen LogP contribution is 2.54. The highest BCUT2D eigenvalue weighted by molar-refractivity contribution is 5.87. The lowest BCUT2D eigenvalue weighted by Crippen LogP contribution is -2.31. The number of fused-ring (bicyclic) bond motifs is 1. The van der Waals surface area contributed by atoms with Crippen LogP contribution in [0, 0.1) is 16.1 Å². The topological polar surface area (TPSA) is 82.5 Å². The number of hydrazine groups is 1. The summed E-state index contributed by atoms with van der Waals surface area (Å²) in [5, 5.41) is 11.8. The number of ether oxygens (including phenoxy) is 2. The van der Waals surface area contributed by atoms with Crippen LogP contribution < -0.4 is 14.8 Å². The number of anilines is 1. The van der Waals surface area contributed by atoms with Gasteiger partial charge in [-0.3, -0.25) is 15.0 Å². The summed E-state index contributed by atoms with van der Waals surface area (Å²) in [6.07, 6.45) is 15.4. The number of unbranched alkanes of at least 4 members (excludes halogenated alkanes) is 1. The van der Waals surface area contributed by atoms with E-state index in [-0.39, 0.29) is 17.2 Å². The lowest BCUT2D eigenvalue weighted by Gasteiger charge is -2.31. The number of rotatable bonds is 13. The molecule has 1 atom stereocenters. The maximum absolute atomic E-state index is 15.4. The zero-order valence-electron chi connectivity index (χ0n) is 28.7. The number of hydrogen-bond donors (Lipinski definition) is 1. The largest absolute Gasteiger partial charge is 0.496 e. The van der Waals surface area contributed by atoms with Crippen LogP contribution in [0.1, 0.15) is 51.0 Å². The number of aromatic nitrogens is 1. The third-order valence-corrected chi connectivity index (χ3v) is 10.6. The Balaban J connectivity index is 0.982. The summed E-state index contributed by atoms with van der Waals surface area (Å²) < 4.78 is 27.4. The molecule has 10 heteroatoms. The lowest BCUT2D eigenvalue weighted by molar-refractivity contribution is 0.147. The fraction of sp³-hybridized carbons (Fsp3) is 0.410. The minimum Gasteiger partial charge on any atom is -0.496 e. The molecule has 256 valence electrons. The van der Waals surface area contributed by atoms with Gasteiger partial charge in [-0.05, 0) is 100 Å².